The fourth-order valence-corrected chi connectivity index (χ4v) is 3.59. The minimum Gasteiger partial charge on any atom is -0.143 e. The van der Waals surface area contributed by atoms with Crippen molar-refractivity contribution < 1.29 is 0 Å². The maximum absolute atomic E-state index is 2.27. The molecular weight excluding hydrogens is 212 g/mol. The van der Waals surface area contributed by atoms with Crippen LogP contribution in [0.3, 0.4) is 0 Å². The molecule has 0 atom stereocenters. The molecule has 0 unspecified atom stereocenters. The number of hydrogen-bond donors (Lipinski definition) is 0. The zero-order valence-electron chi connectivity index (χ0n) is 8.73. The summed E-state index contributed by atoms with van der Waals surface area (Å²) in [7, 11) is 0. The summed E-state index contributed by atoms with van der Waals surface area (Å²) in [6, 6.07) is 15.5. The number of thiophene rings is 1. The molecule has 0 fully saturated rings. The van der Waals surface area contributed by atoms with Gasteiger partial charge in [-0.25, -0.2) is 0 Å². The summed E-state index contributed by atoms with van der Waals surface area (Å²) in [4.78, 5) is 0. The average molecular weight is 222 g/mol. The molecule has 0 radical (unpaired) electrons. The molecule has 1 aromatic heterocycles. The van der Waals surface area contributed by atoms with Gasteiger partial charge in [-0.3, -0.25) is 0 Å². The Hall–Kier alpha value is -1.60. The van der Waals surface area contributed by atoms with Crippen LogP contribution in [0.25, 0.3) is 21.2 Å². The van der Waals surface area contributed by atoms with Gasteiger partial charge >= 0.3 is 0 Å². The molecule has 2 aromatic carbocycles. The summed E-state index contributed by atoms with van der Waals surface area (Å²) in [5.74, 6) is 0. The van der Waals surface area contributed by atoms with Gasteiger partial charge in [0.15, 0.2) is 0 Å². The molecule has 1 aliphatic carbocycles. The van der Waals surface area contributed by atoms with Crippen LogP contribution < -0.4 is 0 Å². The van der Waals surface area contributed by atoms with Crippen LogP contribution in [0, 0.1) is 0 Å². The largest absolute Gasteiger partial charge is 0.143 e. The molecule has 0 N–H and O–H groups in total. The van der Waals surface area contributed by atoms with Gasteiger partial charge < -0.3 is 0 Å². The molecular formula is C15H10S. The Morgan fingerprint density at radius 2 is 1.81 bits per heavy atom. The van der Waals surface area contributed by atoms with Gasteiger partial charge in [0, 0.05) is 11.1 Å². The van der Waals surface area contributed by atoms with Crippen molar-refractivity contribution >= 4 is 21.4 Å². The van der Waals surface area contributed by atoms with Gasteiger partial charge in [-0.15, -0.1) is 11.3 Å². The highest BCUT2D eigenvalue weighted by molar-refractivity contribution is 7.17. The van der Waals surface area contributed by atoms with Gasteiger partial charge in [-0.1, -0.05) is 36.4 Å². The van der Waals surface area contributed by atoms with E-state index in [1.165, 1.54) is 32.3 Å². The molecule has 0 amide bonds. The molecule has 0 saturated heterocycles. The molecule has 1 heteroatoms. The lowest BCUT2D eigenvalue weighted by atomic mass is 10.1. The van der Waals surface area contributed by atoms with Crippen LogP contribution >= 0.6 is 11.3 Å². The van der Waals surface area contributed by atoms with Crippen molar-refractivity contribution in [2.45, 2.75) is 6.42 Å². The molecule has 1 heterocycles. The normalized spacial score (nSPS) is 12.8. The Kier molecular flexibility index (Phi) is 1.58. The fraction of sp³-hybridized carbons (Fsp3) is 0.0667. The zero-order valence-corrected chi connectivity index (χ0v) is 9.55. The Morgan fingerprint density at radius 1 is 0.875 bits per heavy atom. The maximum atomic E-state index is 2.27. The van der Waals surface area contributed by atoms with Gasteiger partial charge in [0.25, 0.3) is 0 Å². The highest BCUT2D eigenvalue weighted by Gasteiger charge is 2.19. The van der Waals surface area contributed by atoms with Crippen molar-refractivity contribution in [2.75, 3.05) is 0 Å². The SMILES string of the molecule is c1ccc2c(c1)Cc1c-2ccc2ccsc12. The topological polar surface area (TPSA) is 0 Å². The van der Waals surface area contributed by atoms with Gasteiger partial charge in [0.2, 0.25) is 0 Å². The van der Waals surface area contributed by atoms with Crippen LogP contribution in [0.15, 0.2) is 47.8 Å². The molecule has 3 aromatic rings. The highest BCUT2D eigenvalue weighted by Crippen LogP contribution is 2.41. The summed E-state index contributed by atoms with van der Waals surface area (Å²) in [5, 5.41) is 3.57. The van der Waals surface area contributed by atoms with Crippen LogP contribution in [0.2, 0.25) is 0 Å². The first kappa shape index (κ1) is 8.54. The van der Waals surface area contributed by atoms with E-state index in [-0.39, 0.29) is 0 Å². The van der Waals surface area contributed by atoms with Crippen LogP contribution in [0.4, 0.5) is 0 Å². The predicted molar refractivity (Wildman–Crippen MR) is 70.1 cm³/mol. The Labute approximate surface area is 98.2 Å². The zero-order chi connectivity index (χ0) is 10.5. The van der Waals surface area contributed by atoms with E-state index >= 15 is 0 Å². The van der Waals surface area contributed by atoms with Crippen LogP contribution in [-0.2, 0) is 6.42 Å². The first-order valence-corrected chi connectivity index (χ1v) is 6.39. The quantitative estimate of drug-likeness (QED) is 0.411. The summed E-state index contributed by atoms with van der Waals surface area (Å²) >= 11 is 1.86. The molecule has 0 aliphatic heterocycles. The lowest BCUT2D eigenvalue weighted by Gasteiger charge is -2.01. The first-order valence-electron chi connectivity index (χ1n) is 5.51. The van der Waals surface area contributed by atoms with E-state index in [1.807, 2.05) is 11.3 Å². The van der Waals surface area contributed by atoms with Crippen molar-refractivity contribution in [3.8, 4) is 11.1 Å². The maximum Gasteiger partial charge on any atom is 0.0384 e. The Morgan fingerprint density at radius 3 is 2.81 bits per heavy atom. The minimum atomic E-state index is 1.10. The van der Waals surface area contributed by atoms with E-state index in [0.717, 1.165) is 6.42 Å². The Bertz CT molecular complexity index is 691. The minimum absolute atomic E-state index is 1.10. The van der Waals surface area contributed by atoms with Crippen molar-refractivity contribution in [1.29, 1.82) is 0 Å². The van der Waals surface area contributed by atoms with Gasteiger partial charge in [-0.2, -0.15) is 0 Å². The van der Waals surface area contributed by atoms with E-state index in [4.69, 9.17) is 0 Å². The number of hydrogen-bond acceptors (Lipinski definition) is 1. The summed E-state index contributed by atoms with van der Waals surface area (Å²) in [6.45, 7) is 0. The van der Waals surface area contributed by atoms with Crippen molar-refractivity contribution in [1.82, 2.24) is 0 Å². The van der Waals surface area contributed by atoms with E-state index in [2.05, 4.69) is 47.8 Å². The third-order valence-electron chi connectivity index (χ3n) is 3.40. The Balaban J connectivity index is 2.13. The van der Waals surface area contributed by atoms with Crippen molar-refractivity contribution in [3.05, 3.63) is 59.0 Å². The lowest BCUT2D eigenvalue weighted by Crippen LogP contribution is -1.79. The predicted octanol–water partition coefficient (Wildman–Crippen LogP) is 4.47. The monoisotopic (exact) mass is 222 g/mol. The molecule has 0 bridgehead atoms. The smallest absolute Gasteiger partial charge is 0.0384 e. The second-order valence-corrected chi connectivity index (χ2v) is 5.18. The molecule has 0 nitrogen and oxygen atoms in total. The molecule has 76 valence electrons. The summed E-state index contributed by atoms with van der Waals surface area (Å²) in [6.07, 6.45) is 1.10. The standard InChI is InChI=1S/C15H10S/c1-2-4-12-11(3-1)9-14-13(12)6-5-10-7-8-16-15(10)14/h1-8H,9H2. The van der Waals surface area contributed by atoms with E-state index < -0.39 is 0 Å². The van der Waals surface area contributed by atoms with E-state index in [9.17, 15) is 0 Å². The lowest BCUT2D eigenvalue weighted by molar-refractivity contribution is 1.29. The molecule has 0 saturated carbocycles. The second-order valence-electron chi connectivity index (χ2n) is 4.26. The van der Waals surface area contributed by atoms with Gasteiger partial charge in [-0.05, 0) is 39.1 Å². The number of rotatable bonds is 0. The fourth-order valence-electron chi connectivity index (χ4n) is 2.65. The highest BCUT2D eigenvalue weighted by atomic mass is 32.1. The van der Waals surface area contributed by atoms with Crippen LogP contribution in [-0.4, -0.2) is 0 Å². The third-order valence-corrected chi connectivity index (χ3v) is 4.39. The average Bonchev–Trinajstić information content (AvgIpc) is 2.92. The van der Waals surface area contributed by atoms with E-state index in [0.29, 0.717) is 0 Å². The molecule has 1 aliphatic rings. The van der Waals surface area contributed by atoms with Crippen LogP contribution in [0.1, 0.15) is 11.1 Å². The van der Waals surface area contributed by atoms with Crippen molar-refractivity contribution in [2.24, 2.45) is 0 Å². The number of fused-ring (bicyclic) bond motifs is 5. The van der Waals surface area contributed by atoms with Crippen molar-refractivity contribution in [3.63, 3.8) is 0 Å². The van der Waals surface area contributed by atoms with Gasteiger partial charge in [0.1, 0.15) is 0 Å². The molecule has 16 heavy (non-hydrogen) atoms. The van der Waals surface area contributed by atoms with Crippen LogP contribution in [0.5, 0.6) is 0 Å². The van der Waals surface area contributed by atoms with E-state index in [1.54, 1.807) is 0 Å². The second kappa shape index (κ2) is 2.96. The molecule has 4 rings (SSSR count). The summed E-state index contributed by atoms with van der Waals surface area (Å²) in [5.41, 5.74) is 5.85. The van der Waals surface area contributed by atoms with Gasteiger partial charge in [0.05, 0.1) is 0 Å². The first-order chi connectivity index (χ1) is 7.93. The third kappa shape index (κ3) is 0.987. The summed E-state index contributed by atoms with van der Waals surface area (Å²) < 4.78 is 1.47. The number of benzene rings is 2. The molecule has 0 spiro atoms.